The van der Waals surface area contributed by atoms with Crippen LogP contribution in [0, 0.1) is 0 Å². The Kier molecular flexibility index (Phi) is 5.83. The number of rotatable bonds is 7. The van der Waals surface area contributed by atoms with Crippen LogP contribution >= 0.6 is 0 Å². The Morgan fingerprint density at radius 2 is 1.57 bits per heavy atom. The summed E-state index contributed by atoms with van der Waals surface area (Å²) in [6, 6.07) is 18.1. The second-order valence-corrected chi connectivity index (χ2v) is 4.80. The lowest BCUT2D eigenvalue weighted by atomic mass is 10.1. The molecule has 110 valence electrons. The number of hydrogen-bond donors (Lipinski definition) is 0. The van der Waals surface area contributed by atoms with Crippen molar-refractivity contribution in [3.05, 3.63) is 65.7 Å². The van der Waals surface area contributed by atoms with Gasteiger partial charge < -0.3 is 9.47 Å². The molecule has 0 bridgehead atoms. The van der Waals surface area contributed by atoms with E-state index in [9.17, 15) is 4.79 Å². The number of carbonyl (C=O) groups excluding carboxylic acids is 1. The standard InChI is InChI=1S/C18H20O3/c1-20-18(19)12-9-16-7-10-17(11-8-16)21-14-13-15-5-3-2-4-6-15/h2-8,10-11H,9,12-14H2,1H3. The van der Waals surface area contributed by atoms with Crippen LogP contribution in [0.2, 0.25) is 0 Å². The lowest BCUT2D eigenvalue weighted by Gasteiger charge is -2.07. The maximum absolute atomic E-state index is 11.1. The zero-order chi connectivity index (χ0) is 14.9. The van der Waals surface area contributed by atoms with Crippen LogP contribution in [0.15, 0.2) is 54.6 Å². The van der Waals surface area contributed by atoms with Crippen LogP contribution in [0.25, 0.3) is 0 Å². The quantitative estimate of drug-likeness (QED) is 0.731. The van der Waals surface area contributed by atoms with Crippen LogP contribution in [0.1, 0.15) is 17.5 Å². The molecule has 21 heavy (non-hydrogen) atoms. The minimum atomic E-state index is -0.182. The molecule has 3 heteroatoms. The van der Waals surface area contributed by atoms with Gasteiger partial charge in [0.25, 0.3) is 0 Å². The van der Waals surface area contributed by atoms with Crippen LogP contribution in [0.5, 0.6) is 5.75 Å². The van der Waals surface area contributed by atoms with E-state index < -0.39 is 0 Å². The second kappa shape index (κ2) is 8.10. The normalized spacial score (nSPS) is 10.1. The summed E-state index contributed by atoms with van der Waals surface area (Å²) in [6.07, 6.45) is 1.99. The van der Waals surface area contributed by atoms with Gasteiger partial charge in [-0.3, -0.25) is 4.79 Å². The number of carbonyl (C=O) groups is 1. The highest BCUT2D eigenvalue weighted by molar-refractivity contribution is 5.69. The molecule has 2 aromatic carbocycles. The molecule has 0 aromatic heterocycles. The lowest BCUT2D eigenvalue weighted by Crippen LogP contribution is -2.02. The molecule has 0 aliphatic heterocycles. The monoisotopic (exact) mass is 284 g/mol. The van der Waals surface area contributed by atoms with Gasteiger partial charge in [-0.05, 0) is 29.7 Å². The Morgan fingerprint density at radius 3 is 2.24 bits per heavy atom. The third-order valence-electron chi connectivity index (χ3n) is 3.27. The van der Waals surface area contributed by atoms with E-state index in [1.807, 2.05) is 42.5 Å². The zero-order valence-corrected chi connectivity index (χ0v) is 12.2. The molecule has 0 saturated carbocycles. The van der Waals surface area contributed by atoms with E-state index in [0.29, 0.717) is 19.4 Å². The van der Waals surface area contributed by atoms with Crippen LogP contribution in [0.4, 0.5) is 0 Å². The minimum absolute atomic E-state index is 0.182. The Hall–Kier alpha value is -2.29. The van der Waals surface area contributed by atoms with E-state index in [1.54, 1.807) is 0 Å². The molecular weight excluding hydrogens is 264 g/mol. The predicted molar refractivity (Wildman–Crippen MR) is 82.4 cm³/mol. The van der Waals surface area contributed by atoms with Gasteiger partial charge in [0.05, 0.1) is 13.7 Å². The second-order valence-electron chi connectivity index (χ2n) is 4.80. The molecule has 0 aliphatic rings. The highest BCUT2D eigenvalue weighted by Gasteiger charge is 2.02. The zero-order valence-electron chi connectivity index (χ0n) is 12.2. The summed E-state index contributed by atoms with van der Waals surface area (Å²) in [4.78, 5) is 11.1. The minimum Gasteiger partial charge on any atom is -0.493 e. The first-order valence-corrected chi connectivity index (χ1v) is 7.10. The van der Waals surface area contributed by atoms with Crippen molar-refractivity contribution in [3.8, 4) is 5.75 Å². The van der Waals surface area contributed by atoms with Gasteiger partial charge >= 0.3 is 5.97 Å². The van der Waals surface area contributed by atoms with Crippen LogP contribution < -0.4 is 4.74 Å². The van der Waals surface area contributed by atoms with Gasteiger partial charge in [-0.2, -0.15) is 0 Å². The van der Waals surface area contributed by atoms with Crippen molar-refractivity contribution in [1.29, 1.82) is 0 Å². The van der Waals surface area contributed by atoms with Gasteiger partial charge in [0, 0.05) is 12.8 Å². The van der Waals surface area contributed by atoms with E-state index in [1.165, 1.54) is 12.7 Å². The number of methoxy groups -OCH3 is 1. The first-order chi connectivity index (χ1) is 10.3. The highest BCUT2D eigenvalue weighted by atomic mass is 16.5. The summed E-state index contributed by atoms with van der Waals surface area (Å²) >= 11 is 0. The van der Waals surface area contributed by atoms with Crippen molar-refractivity contribution < 1.29 is 14.3 Å². The Bertz CT molecular complexity index is 546. The van der Waals surface area contributed by atoms with Crippen molar-refractivity contribution in [2.24, 2.45) is 0 Å². The summed E-state index contributed by atoms with van der Waals surface area (Å²) in [5, 5.41) is 0. The number of benzene rings is 2. The molecule has 0 radical (unpaired) electrons. The average molecular weight is 284 g/mol. The van der Waals surface area contributed by atoms with E-state index in [2.05, 4.69) is 16.9 Å². The Balaban J connectivity index is 1.76. The van der Waals surface area contributed by atoms with Crippen molar-refractivity contribution in [2.45, 2.75) is 19.3 Å². The molecule has 0 aliphatic carbocycles. The summed E-state index contributed by atoms with van der Waals surface area (Å²) in [5.41, 5.74) is 2.38. The third kappa shape index (κ3) is 5.30. The van der Waals surface area contributed by atoms with Crippen LogP contribution in [-0.4, -0.2) is 19.7 Å². The molecular formula is C18H20O3. The summed E-state index contributed by atoms with van der Waals surface area (Å²) in [7, 11) is 1.41. The van der Waals surface area contributed by atoms with Gasteiger partial charge in [-0.1, -0.05) is 42.5 Å². The first-order valence-electron chi connectivity index (χ1n) is 7.10. The number of esters is 1. The molecule has 2 aromatic rings. The predicted octanol–water partition coefficient (Wildman–Crippen LogP) is 3.41. The Labute approximate surface area is 125 Å². The first kappa shape index (κ1) is 15.1. The van der Waals surface area contributed by atoms with Gasteiger partial charge in [-0.25, -0.2) is 0 Å². The molecule has 0 amide bonds. The van der Waals surface area contributed by atoms with E-state index >= 15 is 0 Å². The molecule has 0 unspecified atom stereocenters. The smallest absolute Gasteiger partial charge is 0.305 e. The van der Waals surface area contributed by atoms with Gasteiger partial charge in [0.1, 0.15) is 5.75 Å². The van der Waals surface area contributed by atoms with E-state index in [4.69, 9.17) is 4.74 Å². The fourth-order valence-corrected chi connectivity index (χ4v) is 2.03. The van der Waals surface area contributed by atoms with E-state index in [0.717, 1.165) is 17.7 Å². The maximum atomic E-state index is 11.1. The summed E-state index contributed by atoms with van der Waals surface area (Å²) in [6.45, 7) is 0.658. The SMILES string of the molecule is COC(=O)CCc1ccc(OCCc2ccccc2)cc1. The molecule has 3 nitrogen and oxygen atoms in total. The largest absolute Gasteiger partial charge is 0.493 e. The molecule has 0 saturated heterocycles. The average Bonchev–Trinajstić information content (AvgIpc) is 2.55. The van der Waals surface area contributed by atoms with Crippen molar-refractivity contribution >= 4 is 5.97 Å². The number of aryl methyl sites for hydroxylation is 1. The maximum Gasteiger partial charge on any atom is 0.305 e. The Morgan fingerprint density at radius 1 is 0.905 bits per heavy atom. The molecule has 0 fully saturated rings. The molecule has 0 atom stereocenters. The number of hydrogen-bond acceptors (Lipinski definition) is 3. The molecule has 0 heterocycles. The van der Waals surface area contributed by atoms with Gasteiger partial charge in [0.15, 0.2) is 0 Å². The lowest BCUT2D eigenvalue weighted by molar-refractivity contribution is -0.140. The molecule has 2 rings (SSSR count). The van der Waals surface area contributed by atoms with Crippen LogP contribution in [-0.2, 0) is 22.4 Å². The summed E-state index contributed by atoms with van der Waals surface area (Å²) < 4.78 is 10.3. The van der Waals surface area contributed by atoms with Crippen molar-refractivity contribution in [2.75, 3.05) is 13.7 Å². The van der Waals surface area contributed by atoms with Crippen molar-refractivity contribution in [1.82, 2.24) is 0 Å². The molecule has 0 spiro atoms. The highest BCUT2D eigenvalue weighted by Crippen LogP contribution is 2.14. The van der Waals surface area contributed by atoms with Gasteiger partial charge in [0.2, 0.25) is 0 Å². The molecule has 0 N–H and O–H groups in total. The van der Waals surface area contributed by atoms with E-state index in [-0.39, 0.29) is 5.97 Å². The topological polar surface area (TPSA) is 35.5 Å². The fraction of sp³-hybridized carbons (Fsp3) is 0.278. The van der Waals surface area contributed by atoms with Crippen molar-refractivity contribution in [3.63, 3.8) is 0 Å². The summed E-state index contributed by atoms with van der Waals surface area (Å²) in [5.74, 6) is 0.672. The van der Waals surface area contributed by atoms with Crippen LogP contribution in [0.3, 0.4) is 0 Å². The fourth-order valence-electron chi connectivity index (χ4n) is 2.03. The number of ether oxygens (including phenoxy) is 2. The van der Waals surface area contributed by atoms with Gasteiger partial charge in [-0.15, -0.1) is 0 Å². The third-order valence-corrected chi connectivity index (χ3v) is 3.27.